The Morgan fingerprint density at radius 2 is 1.93 bits per heavy atom. The van der Waals surface area contributed by atoms with E-state index in [1.54, 1.807) is 19.1 Å². The van der Waals surface area contributed by atoms with Crippen molar-refractivity contribution >= 4 is 33.4 Å². The summed E-state index contributed by atoms with van der Waals surface area (Å²) in [6.07, 6.45) is 2.15. The van der Waals surface area contributed by atoms with Crippen LogP contribution >= 0.6 is 11.8 Å². The van der Waals surface area contributed by atoms with Crippen LogP contribution in [0.4, 0.5) is 5.69 Å². The van der Waals surface area contributed by atoms with Crippen LogP contribution < -0.4 is 5.32 Å². The van der Waals surface area contributed by atoms with Gasteiger partial charge in [-0.05, 0) is 44.9 Å². The Morgan fingerprint density at radius 3 is 2.55 bits per heavy atom. The predicted molar refractivity (Wildman–Crippen MR) is 118 cm³/mol. The second-order valence-corrected chi connectivity index (χ2v) is 10.2. The highest BCUT2D eigenvalue weighted by atomic mass is 32.2. The first-order valence-corrected chi connectivity index (χ1v) is 12.0. The van der Waals surface area contributed by atoms with Crippen LogP contribution in [-0.2, 0) is 21.4 Å². The first-order chi connectivity index (χ1) is 13.6. The van der Waals surface area contributed by atoms with E-state index >= 15 is 0 Å². The van der Waals surface area contributed by atoms with Crippen molar-refractivity contribution in [2.75, 3.05) is 25.2 Å². The molecule has 160 valence electrons. The first-order valence-electron chi connectivity index (χ1n) is 9.57. The molecule has 1 heterocycles. The molecule has 0 aliphatic heterocycles. The van der Waals surface area contributed by atoms with E-state index in [1.165, 1.54) is 31.9 Å². The molecule has 1 aromatic carbocycles. The highest BCUT2D eigenvalue weighted by molar-refractivity contribution is 7.99. The van der Waals surface area contributed by atoms with E-state index in [4.69, 9.17) is 0 Å². The number of hydrogen-bond acceptors (Lipinski definition) is 5. The van der Waals surface area contributed by atoms with E-state index in [2.05, 4.69) is 21.8 Å². The van der Waals surface area contributed by atoms with Gasteiger partial charge in [0.15, 0.2) is 5.16 Å². The number of carbonyl (C=O) groups is 1. The number of amides is 1. The molecule has 29 heavy (non-hydrogen) atoms. The van der Waals surface area contributed by atoms with E-state index in [1.807, 2.05) is 13.8 Å². The number of nitrogens with zero attached hydrogens (tertiary/aromatic N) is 3. The number of nitrogens with one attached hydrogen (secondary N) is 1. The lowest BCUT2D eigenvalue weighted by atomic mass is 10.2. The number of benzene rings is 1. The lowest BCUT2D eigenvalue weighted by Gasteiger charge is -2.15. The van der Waals surface area contributed by atoms with Crippen LogP contribution in [0.2, 0.25) is 0 Å². The molecule has 1 aromatic heterocycles. The zero-order valence-corrected chi connectivity index (χ0v) is 19.6. The quantitative estimate of drug-likeness (QED) is 0.605. The number of aryl methyl sites for hydroxylation is 2. The predicted octanol–water partition coefficient (Wildman–Crippen LogP) is 3.59. The number of unbranched alkanes of at least 4 members (excludes halogenated alkanes) is 1. The minimum absolute atomic E-state index is 0.189. The number of sulfonamides is 1. The maximum atomic E-state index is 12.5. The van der Waals surface area contributed by atoms with Gasteiger partial charge >= 0.3 is 0 Å². The SMILES string of the molecule is CCCCn1c(SCC(=O)Nc2ccc(C)c(S(=O)(=O)N(C)C)c2)nc(C)c1C. The fourth-order valence-corrected chi connectivity index (χ4v) is 4.86. The van der Waals surface area contributed by atoms with E-state index in [0.717, 1.165) is 40.2 Å². The number of rotatable bonds is 9. The maximum Gasteiger partial charge on any atom is 0.242 e. The monoisotopic (exact) mass is 438 g/mol. The molecule has 0 unspecified atom stereocenters. The van der Waals surface area contributed by atoms with Crippen molar-refractivity contribution in [3.63, 3.8) is 0 Å². The van der Waals surface area contributed by atoms with E-state index in [-0.39, 0.29) is 16.6 Å². The third-order valence-corrected chi connectivity index (χ3v) is 7.65. The third kappa shape index (κ3) is 5.61. The van der Waals surface area contributed by atoms with Crippen LogP contribution in [0.1, 0.15) is 36.7 Å². The number of imidazole rings is 1. The molecule has 1 N–H and O–H groups in total. The molecule has 0 aliphatic carbocycles. The summed E-state index contributed by atoms with van der Waals surface area (Å²) < 4.78 is 28.2. The van der Waals surface area contributed by atoms with Gasteiger partial charge in [0.05, 0.1) is 16.3 Å². The molecule has 0 saturated carbocycles. The van der Waals surface area contributed by atoms with Crippen LogP contribution in [0.25, 0.3) is 0 Å². The number of thioether (sulfide) groups is 1. The minimum Gasteiger partial charge on any atom is -0.325 e. The van der Waals surface area contributed by atoms with E-state index in [9.17, 15) is 13.2 Å². The van der Waals surface area contributed by atoms with Crippen LogP contribution in [0.15, 0.2) is 28.3 Å². The van der Waals surface area contributed by atoms with Crippen LogP contribution in [0, 0.1) is 20.8 Å². The summed E-state index contributed by atoms with van der Waals surface area (Å²) in [7, 11) is -0.599. The second kappa shape index (κ2) is 9.77. The van der Waals surface area contributed by atoms with Gasteiger partial charge in [0, 0.05) is 32.0 Å². The van der Waals surface area contributed by atoms with E-state index < -0.39 is 10.0 Å². The smallest absolute Gasteiger partial charge is 0.242 e. The van der Waals surface area contributed by atoms with Gasteiger partial charge in [-0.2, -0.15) is 0 Å². The summed E-state index contributed by atoms with van der Waals surface area (Å²) in [6, 6.07) is 4.91. The van der Waals surface area contributed by atoms with Crippen LogP contribution in [0.3, 0.4) is 0 Å². The Kier molecular flexibility index (Phi) is 7.90. The van der Waals surface area contributed by atoms with Gasteiger partial charge in [0.1, 0.15) is 0 Å². The zero-order valence-electron chi connectivity index (χ0n) is 17.9. The molecule has 1 amide bonds. The first kappa shape index (κ1) is 23.4. The number of carbonyl (C=O) groups excluding carboxylic acids is 1. The van der Waals surface area contributed by atoms with Crippen molar-refractivity contribution in [3.05, 3.63) is 35.2 Å². The summed E-state index contributed by atoms with van der Waals surface area (Å²) in [6.45, 7) is 8.78. The number of anilines is 1. The number of aromatic nitrogens is 2. The Hall–Kier alpha value is -1.84. The third-order valence-electron chi connectivity index (χ3n) is 4.72. The lowest BCUT2D eigenvalue weighted by Crippen LogP contribution is -2.23. The summed E-state index contributed by atoms with van der Waals surface area (Å²) >= 11 is 1.39. The van der Waals surface area contributed by atoms with Gasteiger partial charge in [0.2, 0.25) is 15.9 Å². The van der Waals surface area contributed by atoms with Gasteiger partial charge in [0.25, 0.3) is 0 Å². The van der Waals surface area contributed by atoms with Gasteiger partial charge < -0.3 is 9.88 Å². The highest BCUT2D eigenvalue weighted by Crippen LogP contribution is 2.24. The molecule has 9 heteroatoms. The van der Waals surface area contributed by atoms with Gasteiger partial charge in [-0.3, -0.25) is 4.79 Å². The molecule has 0 fully saturated rings. The summed E-state index contributed by atoms with van der Waals surface area (Å²) in [5.74, 6) is -0.00142. The fraction of sp³-hybridized carbons (Fsp3) is 0.500. The molecule has 0 spiro atoms. The normalized spacial score (nSPS) is 11.8. The molecular formula is C20H30N4O3S2. The van der Waals surface area contributed by atoms with Crippen molar-refractivity contribution < 1.29 is 13.2 Å². The Morgan fingerprint density at radius 1 is 1.24 bits per heavy atom. The largest absolute Gasteiger partial charge is 0.325 e. The zero-order chi connectivity index (χ0) is 21.8. The maximum absolute atomic E-state index is 12.5. The van der Waals surface area contributed by atoms with E-state index in [0.29, 0.717) is 11.3 Å². The summed E-state index contributed by atoms with van der Waals surface area (Å²) in [5, 5.41) is 3.63. The van der Waals surface area contributed by atoms with Crippen molar-refractivity contribution in [2.24, 2.45) is 0 Å². The molecule has 0 saturated heterocycles. The van der Waals surface area contributed by atoms with Gasteiger partial charge in [-0.25, -0.2) is 17.7 Å². The lowest BCUT2D eigenvalue weighted by molar-refractivity contribution is -0.113. The molecular weight excluding hydrogens is 408 g/mol. The van der Waals surface area contributed by atoms with Crippen molar-refractivity contribution in [2.45, 2.75) is 57.1 Å². The minimum atomic E-state index is -3.57. The Balaban J connectivity index is 2.10. The highest BCUT2D eigenvalue weighted by Gasteiger charge is 2.20. The fourth-order valence-electron chi connectivity index (χ4n) is 2.79. The van der Waals surface area contributed by atoms with Gasteiger partial charge in [-0.1, -0.05) is 31.2 Å². The standard InChI is InChI=1S/C20H30N4O3S2/c1-7-8-11-24-16(4)15(3)21-20(24)28-13-19(25)22-17-10-9-14(2)18(12-17)29(26,27)23(5)6/h9-10,12H,7-8,11,13H2,1-6H3,(H,22,25). The Bertz CT molecular complexity index is 982. The van der Waals surface area contributed by atoms with Crippen molar-refractivity contribution in [3.8, 4) is 0 Å². The topological polar surface area (TPSA) is 84.3 Å². The molecule has 0 bridgehead atoms. The Labute approximate surface area is 177 Å². The average molecular weight is 439 g/mol. The van der Waals surface area contributed by atoms with Crippen molar-refractivity contribution in [1.82, 2.24) is 13.9 Å². The summed E-state index contributed by atoms with van der Waals surface area (Å²) in [5.41, 5.74) is 3.19. The van der Waals surface area contributed by atoms with Crippen LogP contribution in [-0.4, -0.2) is 48.0 Å². The molecule has 0 aliphatic rings. The molecule has 2 rings (SSSR count). The second-order valence-electron chi connectivity index (χ2n) is 7.17. The van der Waals surface area contributed by atoms with Crippen LogP contribution in [0.5, 0.6) is 0 Å². The average Bonchev–Trinajstić information content (AvgIpc) is 2.93. The molecule has 7 nitrogen and oxygen atoms in total. The van der Waals surface area contributed by atoms with Crippen molar-refractivity contribution in [1.29, 1.82) is 0 Å². The molecule has 2 aromatic rings. The molecule has 0 atom stereocenters. The van der Waals surface area contributed by atoms with Gasteiger partial charge in [-0.15, -0.1) is 0 Å². The summed E-state index contributed by atoms with van der Waals surface area (Å²) in [4.78, 5) is 17.2. The molecule has 0 radical (unpaired) electrons. The number of hydrogen-bond donors (Lipinski definition) is 1.